The Kier molecular flexibility index (Phi) is 8.24. The molecule has 0 heterocycles. The predicted molar refractivity (Wildman–Crippen MR) is 39.4 cm³/mol. The Morgan fingerprint density at radius 1 is 1.50 bits per heavy atom. The molecule has 0 atom stereocenters. The fourth-order valence-corrected chi connectivity index (χ4v) is 0.449. The molecular formula is C5H11O4P. The molecule has 0 saturated carbocycles. The summed E-state index contributed by atoms with van der Waals surface area (Å²) in [6.45, 7) is 9.07. The Morgan fingerprint density at radius 2 is 1.90 bits per heavy atom. The molecule has 0 unspecified atom stereocenters. The molecule has 10 heavy (non-hydrogen) atoms. The van der Waals surface area contributed by atoms with Crippen LogP contribution >= 0.6 is 7.82 Å². The van der Waals surface area contributed by atoms with E-state index < -0.39 is 7.82 Å². The van der Waals surface area contributed by atoms with E-state index in [-0.39, 0.29) is 6.61 Å². The zero-order valence-electron chi connectivity index (χ0n) is 5.56. The van der Waals surface area contributed by atoms with Gasteiger partial charge in [0.25, 0.3) is 0 Å². The maximum absolute atomic E-state index is 9.81. The van der Waals surface area contributed by atoms with E-state index in [9.17, 15) is 4.57 Å². The smallest absolute Gasteiger partial charge is 0.303 e. The summed E-state index contributed by atoms with van der Waals surface area (Å²) in [6.07, 6.45) is 1.26. The van der Waals surface area contributed by atoms with E-state index in [4.69, 9.17) is 9.79 Å². The van der Waals surface area contributed by atoms with E-state index in [2.05, 4.69) is 24.3 Å². The fraction of sp³-hybridized carbons (Fsp3) is 0.200. The zero-order valence-corrected chi connectivity index (χ0v) is 6.46. The second-order valence-electron chi connectivity index (χ2n) is 1.08. The number of phosphoric ester groups is 1. The van der Waals surface area contributed by atoms with E-state index in [1.54, 1.807) is 0 Å². The number of hydrogen-bond donors (Lipinski definition) is 2. The Bertz CT molecular complexity index is 128. The molecule has 0 aliphatic heterocycles. The molecule has 4 nitrogen and oxygen atoms in total. The van der Waals surface area contributed by atoms with Gasteiger partial charge in [-0.25, -0.2) is 4.57 Å². The molecule has 0 aliphatic rings. The highest BCUT2D eigenvalue weighted by Crippen LogP contribution is 2.35. The molecule has 0 aromatic heterocycles. The van der Waals surface area contributed by atoms with Gasteiger partial charge in [0.05, 0.1) is 6.61 Å². The van der Waals surface area contributed by atoms with Crippen LogP contribution in [0.5, 0.6) is 0 Å². The van der Waals surface area contributed by atoms with E-state index in [0.29, 0.717) is 0 Å². The van der Waals surface area contributed by atoms with Gasteiger partial charge in [-0.1, -0.05) is 6.08 Å². The van der Waals surface area contributed by atoms with Crippen LogP contribution in [0, 0.1) is 0 Å². The van der Waals surface area contributed by atoms with E-state index in [1.165, 1.54) is 6.08 Å². The zero-order chi connectivity index (χ0) is 8.62. The van der Waals surface area contributed by atoms with Gasteiger partial charge in [-0.05, 0) is 0 Å². The molecule has 0 aromatic carbocycles. The predicted octanol–water partition coefficient (Wildman–Crippen LogP) is 1.08. The minimum atomic E-state index is -4.25. The monoisotopic (exact) mass is 166 g/mol. The summed E-state index contributed by atoms with van der Waals surface area (Å²) in [6, 6.07) is 0. The maximum atomic E-state index is 9.81. The molecule has 5 heteroatoms. The number of hydrogen-bond acceptors (Lipinski definition) is 2. The van der Waals surface area contributed by atoms with Crippen molar-refractivity contribution in [3.05, 3.63) is 25.8 Å². The molecule has 0 bridgehead atoms. The van der Waals surface area contributed by atoms with Gasteiger partial charge in [-0.2, -0.15) is 0 Å². The summed E-state index contributed by atoms with van der Waals surface area (Å²) in [5.74, 6) is 0. The molecule has 0 rings (SSSR count). The van der Waals surface area contributed by atoms with Gasteiger partial charge < -0.3 is 9.79 Å². The van der Waals surface area contributed by atoms with Gasteiger partial charge in [0, 0.05) is 0 Å². The molecule has 2 N–H and O–H groups in total. The molecule has 0 spiro atoms. The Balaban J connectivity index is 0. The first-order valence-corrected chi connectivity index (χ1v) is 3.90. The molecule has 0 amide bonds. The molecule has 0 fully saturated rings. The van der Waals surface area contributed by atoms with Gasteiger partial charge in [0.2, 0.25) is 0 Å². The van der Waals surface area contributed by atoms with Crippen LogP contribution in [-0.4, -0.2) is 16.4 Å². The summed E-state index contributed by atoms with van der Waals surface area (Å²) in [7, 11) is -4.25. The number of rotatable bonds is 3. The van der Waals surface area contributed by atoms with Crippen LogP contribution in [0.1, 0.15) is 0 Å². The number of phosphoric acid groups is 1. The van der Waals surface area contributed by atoms with Gasteiger partial charge in [0.1, 0.15) is 0 Å². The first-order valence-electron chi connectivity index (χ1n) is 2.37. The molecule has 0 saturated heterocycles. The molecule has 0 radical (unpaired) electrons. The normalized spacial score (nSPS) is 9.40. The van der Waals surface area contributed by atoms with Crippen molar-refractivity contribution in [2.75, 3.05) is 6.61 Å². The van der Waals surface area contributed by atoms with Crippen molar-refractivity contribution < 1.29 is 18.9 Å². The van der Waals surface area contributed by atoms with Crippen molar-refractivity contribution in [3.63, 3.8) is 0 Å². The largest absolute Gasteiger partial charge is 0.469 e. The Labute approximate surface area is 60.1 Å². The first-order chi connectivity index (χ1) is 4.56. The van der Waals surface area contributed by atoms with Crippen molar-refractivity contribution in [1.29, 1.82) is 0 Å². The SMILES string of the molecule is C=C.C=CCOP(=O)(O)O. The van der Waals surface area contributed by atoms with Crippen molar-refractivity contribution in [2.24, 2.45) is 0 Å². The van der Waals surface area contributed by atoms with Crippen molar-refractivity contribution in [3.8, 4) is 0 Å². The van der Waals surface area contributed by atoms with Crippen LogP contribution in [0.15, 0.2) is 25.8 Å². The van der Waals surface area contributed by atoms with Crippen LogP contribution in [0.4, 0.5) is 0 Å². The quantitative estimate of drug-likeness (QED) is 0.486. The van der Waals surface area contributed by atoms with Crippen molar-refractivity contribution in [1.82, 2.24) is 0 Å². The van der Waals surface area contributed by atoms with Crippen LogP contribution in [0.3, 0.4) is 0 Å². The molecule has 60 valence electrons. The fourth-order valence-electron chi connectivity index (χ4n) is 0.150. The maximum Gasteiger partial charge on any atom is 0.469 e. The molecule has 0 aromatic rings. The standard InChI is InChI=1S/C3H7O4P.C2H4/c1-2-3-7-8(4,5)6;1-2/h2H,1,3H2,(H2,4,5,6);1-2H2. The van der Waals surface area contributed by atoms with Gasteiger partial charge in [-0.15, -0.1) is 19.7 Å². The minimum Gasteiger partial charge on any atom is -0.303 e. The van der Waals surface area contributed by atoms with E-state index >= 15 is 0 Å². The van der Waals surface area contributed by atoms with E-state index in [0.717, 1.165) is 0 Å². The van der Waals surface area contributed by atoms with Crippen LogP contribution in [0.25, 0.3) is 0 Å². The summed E-state index contributed by atoms with van der Waals surface area (Å²) in [5, 5.41) is 0. The third-order valence-corrected chi connectivity index (χ3v) is 0.846. The van der Waals surface area contributed by atoms with Crippen LogP contribution in [-0.2, 0) is 9.09 Å². The Hall–Kier alpha value is -0.410. The van der Waals surface area contributed by atoms with Crippen molar-refractivity contribution in [2.45, 2.75) is 0 Å². The lowest BCUT2D eigenvalue weighted by molar-refractivity contribution is 0.216. The average Bonchev–Trinajstić information content (AvgIpc) is 1.87. The third kappa shape index (κ3) is 15.6. The third-order valence-electron chi connectivity index (χ3n) is 0.361. The highest BCUT2D eigenvalue weighted by molar-refractivity contribution is 7.46. The second kappa shape index (κ2) is 6.71. The molecule has 0 aliphatic carbocycles. The lowest BCUT2D eigenvalue weighted by atomic mass is 10.7. The van der Waals surface area contributed by atoms with Gasteiger partial charge >= 0.3 is 7.82 Å². The van der Waals surface area contributed by atoms with Crippen LogP contribution < -0.4 is 0 Å². The van der Waals surface area contributed by atoms with Crippen molar-refractivity contribution >= 4 is 7.82 Å². The summed E-state index contributed by atoms with van der Waals surface area (Å²) in [4.78, 5) is 16.0. The first kappa shape index (κ1) is 12.3. The summed E-state index contributed by atoms with van der Waals surface area (Å²) < 4.78 is 13.7. The summed E-state index contributed by atoms with van der Waals surface area (Å²) >= 11 is 0. The lowest BCUT2D eigenvalue weighted by Gasteiger charge is -1.98. The highest BCUT2D eigenvalue weighted by Gasteiger charge is 2.10. The molecular weight excluding hydrogens is 155 g/mol. The second-order valence-corrected chi connectivity index (χ2v) is 2.31. The Morgan fingerprint density at radius 3 is 2.00 bits per heavy atom. The van der Waals surface area contributed by atoms with Gasteiger partial charge in [-0.3, -0.25) is 4.52 Å². The van der Waals surface area contributed by atoms with Crippen LogP contribution in [0.2, 0.25) is 0 Å². The lowest BCUT2D eigenvalue weighted by Crippen LogP contribution is -1.86. The highest BCUT2D eigenvalue weighted by atomic mass is 31.2. The van der Waals surface area contributed by atoms with E-state index in [1.807, 2.05) is 0 Å². The minimum absolute atomic E-state index is 0.121. The van der Waals surface area contributed by atoms with Gasteiger partial charge in [0.15, 0.2) is 0 Å². The topological polar surface area (TPSA) is 66.8 Å². The summed E-state index contributed by atoms with van der Waals surface area (Å²) in [5.41, 5.74) is 0. The average molecular weight is 166 g/mol.